The standard InChI is InChI=1S/C21H20Cl2N2O3.C2H5NO2/c1-21(2,3)14-9-7-13(8-10-14)12-24-17(26)11-18(27)25(20(24)28)19-15(22)5-4-6-16(19)23;3-1-2(4)5/h4-10H,11-12H2,1-3H3;1,3H2,(H,4,5). The second kappa shape index (κ2) is 10.8. The molecule has 1 aliphatic rings. The number of carboxylic acids is 1. The Hall–Kier alpha value is -2.94. The van der Waals surface area contributed by atoms with Gasteiger partial charge in [0.05, 0.1) is 28.8 Å². The molecule has 2 aromatic rings. The van der Waals surface area contributed by atoms with Crippen molar-refractivity contribution in [3.63, 3.8) is 0 Å². The van der Waals surface area contributed by atoms with Gasteiger partial charge < -0.3 is 10.8 Å². The molecule has 0 unspecified atom stereocenters. The maximum absolute atomic E-state index is 13.0. The van der Waals surface area contributed by atoms with Gasteiger partial charge in [-0.3, -0.25) is 19.3 Å². The summed E-state index contributed by atoms with van der Waals surface area (Å²) < 4.78 is 0. The lowest BCUT2D eigenvalue weighted by molar-refractivity contribution is -0.136. The minimum Gasteiger partial charge on any atom is -0.480 e. The number of carboxylic acid groups (broad SMARTS) is 1. The largest absolute Gasteiger partial charge is 0.480 e. The molecule has 0 bridgehead atoms. The lowest BCUT2D eigenvalue weighted by Crippen LogP contribution is -2.55. The number of aliphatic carboxylic acids is 1. The van der Waals surface area contributed by atoms with Crippen molar-refractivity contribution < 1.29 is 24.3 Å². The van der Waals surface area contributed by atoms with Crippen molar-refractivity contribution in [3.8, 4) is 0 Å². The lowest BCUT2D eigenvalue weighted by Gasteiger charge is -2.33. The number of amides is 4. The fraction of sp³-hybridized carbons (Fsp3) is 0.304. The van der Waals surface area contributed by atoms with E-state index in [-0.39, 0.29) is 34.2 Å². The van der Waals surface area contributed by atoms with Crippen molar-refractivity contribution in [2.24, 2.45) is 5.73 Å². The Bertz CT molecular complexity index is 1040. The summed E-state index contributed by atoms with van der Waals surface area (Å²) in [6.07, 6.45) is -0.423. The second-order valence-corrected chi connectivity index (χ2v) is 9.10. The normalized spacial score (nSPS) is 14.2. The van der Waals surface area contributed by atoms with Crippen LogP contribution in [0, 0.1) is 0 Å². The number of carbonyl (C=O) groups is 4. The molecule has 4 amide bonds. The Morgan fingerprint density at radius 1 is 1.00 bits per heavy atom. The average Bonchev–Trinajstić information content (AvgIpc) is 2.73. The lowest BCUT2D eigenvalue weighted by atomic mass is 9.87. The van der Waals surface area contributed by atoms with Crippen molar-refractivity contribution in [2.45, 2.75) is 39.2 Å². The average molecular weight is 494 g/mol. The van der Waals surface area contributed by atoms with Crippen molar-refractivity contribution in [1.82, 2.24) is 4.90 Å². The predicted octanol–water partition coefficient (Wildman–Crippen LogP) is 4.21. The first kappa shape index (κ1) is 26.3. The number of para-hydroxylation sites is 1. The monoisotopic (exact) mass is 493 g/mol. The molecule has 1 aliphatic heterocycles. The Morgan fingerprint density at radius 3 is 1.97 bits per heavy atom. The summed E-state index contributed by atoms with van der Waals surface area (Å²) in [6.45, 7) is 6.11. The molecule has 1 saturated heterocycles. The first-order valence-corrected chi connectivity index (χ1v) is 10.7. The number of nitrogens with two attached hydrogens (primary N) is 1. The van der Waals surface area contributed by atoms with E-state index >= 15 is 0 Å². The van der Waals surface area contributed by atoms with Gasteiger partial charge >= 0.3 is 12.0 Å². The third-order valence-corrected chi connectivity index (χ3v) is 5.38. The van der Waals surface area contributed by atoms with Gasteiger partial charge in [0.2, 0.25) is 11.8 Å². The third-order valence-electron chi connectivity index (χ3n) is 4.77. The van der Waals surface area contributed by atoms with Gasteiger partial charge in [-0.05, 0) is 28.7 Å². The Balaban J connectivity index is 0.000000696. The van der Waals surface area contributed by atoms with E-state index in [1.807, 2.05) is 24.3 Å². The number of rotatable bonds is 4. The highest BCUT2D eigenvalue weighted by Gasteiger charge is 2.40. The van der Waals surface area contributed by atoms with E-state index in [2.05, 4.69) is 26.5 Å². The van der Waals surface area contributed by atoms with Crippen LogP contribution >= 0.6 is 23.2 Å². The minimum absolute atomic E-state index is 0.000676. The Labute approximate surface area is 201 Å². The summed E-state index contributed by atoms with van der Waals surface area (Å²) in [5, 5.41) is 7.93. The molecule has 10 heteroatoms. The number of benzene rings is 2. The molecular formula is C23H25Cl2N3O5. The molecule has 0 spiro atoms. The Morgan fingerprint density at radius 2 is 1.52 bits per heavy atom. The molecular weight excluding hydrogens is 469 g/mol. The van der Waals surface area contributed by atoms with Gasteiger partial charge in [-0.1, -0.05) is 74.3 Å². The van der Waals surface area contributed by atoms with Crippen LogP contribution in [0.15, 0.2) is 42.5 Å². The zero-order valence-corrected chi connectivity index (χ0v) is 20.0. The highest BCUT2D eigenvalue weighted by atomic mass is 35.5. The molecule has 0 saturated carbocycles. The fourth-order valence-corrected chi connectivity index (χ4v) is 3.58. The van der Waals surface area contributed by atoms with Crippen LogP contribution in [-0.2, 0) is 26.3 Å². The van der Waals surface area contributed by atoms with Crippen LogP contribution in [0.4, 0.5) is 10.5 Å². The smallest absolute Gasteiger partial charge is 0.338 e. The number of barbiturate groups is 1. The van der Waals surface area contributed by atoms with Crippen LogP contribution < -0.4 is 10.6 Å². The summed E-state index contributed by atoms with van der Waals surface area (Å²) in [5.41, 5.74) is 6.60. The predicted molar refractivity (Wildman–Crippen MR) is 126 cm³/mol. The van der Waals surface area contributed by atoms with Gasteiger partial charge in [0, 0.05) is 0 Å². The fourth-order valence-electron chi connectivity index (χ4n) is 3.01. The van der Waals surface area contributed by atoms with Crippen LogP contribution in [0.1, 0.15) is 38.3 Å². The van der Waals surface area contributed by atoms with Crippen LogP contribution in [0.3, 0.4) is 0 Å². The van der Waals surface area contributed by atoms with E-state index in [0.29, 0.717) is 0 Å². The van der Waals surface area contributed by atoms with Crippen molar-refractivity contribution in [3.05, 3.63) is 63.6 Å². The second-order valence-electron chi connectivity index (χ2n) is 8.28. The summed E-state index contributed by atoms with van der Waals surface area (Å²) in [7, 11) is 0. The number of halogens is 2. The molecule has 0 aliphatic carbocycles. The number of urea groups is 1. The van der Waals surface area contributed by atoms with Crippen molar-refractivity contribution in [1.29, 1.82) is 0 Å². The zero-order valence-electron chi connectivity index (χ0n) is 18.5. The molecule has 0 radical (unpaired) electrons. The molecule has 0 atom stereocenters. The molecule has 33 heavy (non-hydrogen) atoms. The molecule has 176 valence electrons. The first-order chi connectivity index (χ1) is 15.4. The van der Waals surface area contributed by atoms with E-state index in [1.54, 1.807) is 6.07 Å². The molecule has 3 N–H and O–H groups in total. The quantitative estimate of drug-likeness (QED) is 0.615. The molecule has 1 fully saturated rings. The zero-order chi connectivity index (χ0) is 24.9. The topological polar surface area (TPSA) is 121 Å². The molecule has 8 nitrogen and oxygen atoms in total. The SMILES string of the molecule is CC(C)(C)c1ccc(CN2C(=O)CC(=O)N(c3c(Cl)cccc3Cl)C2=O)cc1.NCC(=O)O. The van der Waals surface area contributed by atoms with Crippen molar-refractivity contribution >= 4 is 52.7 Å². The van der Waals surface area contributed by atoms with E-state index < -0.39 is 30.2 Å². The van der Waals surface area contributed by atoms with E-state index in [0.717, 1.165) is 20.9 Å². The van der Waals surface area contributed by atoms with E-state index in [9.17, 15) is 19.2 Å². The van der Waals surface area contributed by atoms with Crippen LogP contribution in [0.25, 0.3) is 0 Å². The highest BCUT2D eigenvalue weighted by molar-refractivity contribution is 6.42. The van der Waals surface area contributed by atoms with E-state index in [1.165, 1.54) is 12.1 Å². The van der Waals surface area contributed by atoms with Crippen LogP contribution in [-0.4, -0.2) is 40.4 Å². The molecule has 1 heterocycles. The summed E-state index contributed by atoms with van der Waals surface area (Å²) >= 11 is 12.3. The highest BCUT2D eigenvalue weighted by Crippen LogP contribution is 2.36. The van der Waals surface area contributed by atoms with Crippen molar-refractivity contribution in [2.75, 3.05) is 11.4 Å². The van der Waals surface area contributed by atoms with Crippen LogP contribution in [0.2, 0.25) is 10.0 Å². The van der Waals surface area contributed by atoms with Gasteiger partial charge in [-0.2, -0.15) is 0 Å². The maximum atomic E-state index is 13.0. The van der Waals surface area contributed by atoms with Gasteiger partial charge in [-0.25, -0.2) is 9.69 Å². The first-order valence-electron chi connectivity index (χ1n) is 9.99. The van der Waals surface area contributed by atoms with E-state index in [4.69, 9.17) is 28.3 Å². The van der Waals surface area contributed by atoms with Gasteiger partial charge in [-0.15, -0.1) is 0 Å². The maximum Gasteiger partial charge on any atom is 0.338 e. The number of hydrogen-bond donors (Lipinski definition) is 2. The van der Waals surface area contributed by atoms with Gasteiger partial charge in [0.25, 0.3) is 0 Å². The third kappa shape index (κ3) is 6.54. The number of hydrogen-bond acceptors (Lipinski definition) is 5. The van der Waals surface area contributed by atoms with Gasteiger partial charge in [0.1, 0.15) is 6.42 Å². The minimum atomic E-state index is -0.968. The number of nitrogens with zero attached hydrogens (tertiary/aromatic N) is 2. The Kier molecular flexibility index (Phi) is 8.60. The number of carbonyl (C=O) groups excluding carboxylic acids is 3. The molecule has 0 aromatic heterocycles. The summed E-state index contributed by atoms with van der Waals surface area (Å²) in [4.78, 5) is 48.9. The molecule has 2 aromatic carbocycles. The van der Waals surface area contributed by atoms with Crippen LogP contribution in [0.5, 0.6) is 0 Å². The summed E-state index contributed by atoms with van der Waals surface area (Å²) in [5.74, 6) is -2.16. The van der Waals surface area contributed by atoms with Gasteiger partial charge in [0.15, 0.2) is 0 Å². The number of imide groups is 2. The molecule has 3 rings (SSSR count). The number of anilines is 1. The summed E-state index contributed by atoms with van der Waals surface area (Å²) in [6, 6.07) is 11.6.